The normalized spacial score (nSPS) is 10.8. The van der Waals surface area contributed by atoms with Gasteiger partial charge in [-0.05, 0) is 65.2 Å². The zero-order chi connectivity index (χ0) is 26.5. The van der Waals surface area contributed by atoms with E-state index >= 15 is 0 Å². The number of hydrogen-bond donors (Lipinski definition) is 2. The Morgan fingerprint density at radius 3 is 2.11 bits per heavy atom. The molecule has 0 aliphatic heterocycles. The Balaban J connectivity index is 1.29. The van der Waals surface area contributed by atoms with Crippen LogP contribution in [0.5, 0.6) is 17.2 Å². The predicted molar refractivity (Wildman–Crippen MR) is 154 cm³/mol. The van der Waals surface area contributed by atoms with Crippen LogP contribution in [-0.4, -0.2) is 26.9 Å². The van der Waals surface area contributed by atoms with Crippen LogP contribution in [0, 0.1) is 6.92 Å². The lowest BCUT2D eigenvalue weighted by molar-refractivity contribution is 0.262. The van der Waals surface area contributed by atoms with E-state index in [1.54, 1.807) is 14.2 Å². The monoisotopic (exact) mass is 506 g/mol. The van der Waals surface area contributed by atoms with Crippen molar-refractivity contribution < 1.29 is 19.0 Å². The molecule has 6 nitrogen and oxygen atoms in total. The third-order valence-electron chi connectivity index (χ3n) is 6.57. The fourth-order valence-corrected chi connectivity index (χ4v) is 4.59. The molecule has 5 aromatic carbocycles. The maximum atomic E-state index is 13.0. The SMILES string of the molecule is COc1ccc(CCOc2ccc(NC(=O)Nc3cc4ccccc4cc3C)c3ccccc23)cc1OC. The highest BCUT2D eigenvalue weighted by atomic mass is 16.5. The van der Waals surface area contributed by atoms with E-state index in [4.69, 9.17) is 14.2 Å². The van der Waals surface area contributed by atoms with Gasteiger partial charge in [-0.2, -0.15) is 0 Å². The van der Waals surface area contributed by atoms with Gasteiger partial charge in [0.25, 0.3) is 0 Å². The van der Waals surface area contributed by atoms with Gasteiger partial charge in [0.15, 0.2) is 11.5 Å². The number of nitrogens with one attached hydrogen (secondary N) is 2. The molecule has 0 unspecified atom stereocenters. The van der Waals surface area contributed by atoms with Crippen molar-refractivity contribution in [2.45, 2.75) is 13.3 Å². The third-order valence-corrected chi connectivity index (χ3v) is 6.57. The van der Waals surface area contributed by atoms with Gasteiger partial charge < -0.3 is 24.8 Å². The minimum Gasteiger partial charge on any atom is -0.493 e. The Bertz CT molecular complexity index is 1610. The smallest absolute Gasteiger partial charge is 0.323 e. The van der Waals surface area contributed by atoms with E-state index in [1.165, 1.54) is 0 Å². The number of aryl methyl sites for hydroxylation is 1. The molecular formula is C32H30N2O4. The molecule has 0 spiro atoms. The molecule has 5 rings (SSSR count). The second-order valence-electron chi connectivity index (χ2n) is 9.04. The maximum absolute atomic E-state index is 13.0. The van der Waals surface area contributed by atoms with Gasteiger partial charge in [0.05, 0.1) is 26.5 Å². The summed E-state index contributed by atoms with van der Waals surface area (Å²) in [4.78, 5) is 13.0. The molecule has 0 aliphatic rings. The number of urea groups is 1. The second-order valence-corrected chi connectivity index (χ2v) is 9.04. The summed E-state index contributed by atoms with van der Waals surface area (Å²) in [5, 5.41) is 10.1. The number of fused-ring (bicyclic) bond motifs is 2. The zero-order valence-electron chi connectivity index (χ0n) is 21.7. The molecule has 2 N–H and O–H groups in total. The molecule has 0 saturated carbocycles. The number of methoxy groups -OCH3 is 2. The van der Waals surface area contributed by atoms with Gasteiger partial charge in [-0.3, -0.25) is 0 Å². The Kier molecular flexibility index (Phi) is 7.31. The Hall–Kier alpha value is -4.71. The van der Waals surface area contributed by atoms with Crippen LogP contribution >= 0.6 is 0 Å². The molecular weight excluding hydrogens is 476 g/mol. The molecule has 0 heterocycles. The van der Waals surface area contributed by atoms with Crippen LogP contribution in [0.15, 0.2) is 91.0 Å². The predicted octanol–water partition coefficient (Wildman–Crippen LogP) is 7.58. The fraction of sp³-hybridized carbons (Fsp3) is 0.156. The summed E-state index contributed by atoms with van der Waals surface area (Å²) in [6.07, 6.45) is 0.711. The van der Waals surface area contributed by atoms with Crippen molar-refractivity contribution in [2.24, 2.45) is 0 Å². The first-order chi connectivity index (χ1) is 18.6. The van der Waals surface area contributed by atoms with Gasteiger partial charge in [-0.25, -0.2) is 4.79 Å². The summed E-state index contributed by atoms with van der Waals surface area (Å²) in [5.74, 6) is 2.16. The van der Waals surface area contributed by atoms with Gasteiger partial charge in [-0.1, -0.05) is 54.6 Å². The molecule has 0 radical (unpaired) electrons. The van der Waals surface area contributed by atoms with Crippen LogP contribution in [-0.2, 0) is 6.42 Å². The van der Waals surface area contributed by atoms with Gasteiger partial charge in [0.2, 0.25) is 0 Å². The summed E-state index contributed by atoms with van der Waals surface area (Å²) in [7, 11) is 3.25. The van der Waals surface area contributed by atoms with Gasteiger partial charge in [0, 0.05) is 22.9 Å². The number of rotatable bonds is 8. The molecule has 0 aromatic heterocycles. The molecule has 192 valence electrons. The first kappa shape index (κ1) is 25.0. The minimum atomic E-state index is -0.296. The molecule has 0 atom stereocenters. The van der Waals surface area contributed by atoms with Crippen molar-refractivity contribution >= 4 is 39.0 Å². The van der Waals surface area contributed by atoms with Crippen LogP contribution in [0.4, 0.5) is 16.2 Å². The molecule has 0 saturated heterocycles. The van der Waals surface area contributed by atoms with Gasteiger partial charge >= 0.3 is 6.03 Å². The Morgan fingerprint density at radius 2 is 1.34 bits per heavy atom. The molecule has 38 heavy (non-hydrogen) atoms. The van der Waals surface area contributed by atoms with Crippen molar-refractivity contribution in [2.75, 3.05) is 31.5 Å². The molecule has 2 amide bonds. The van der Waals surface area contributed by atoms with Gasteiger partial charge in [-0.15, -0.1) is 0 Å². The average molecular weight is 507 g/mol. The molecule has 0 aliphatic carbocycles. The van der Waals surface area contributed by atoms with E-state index in [2.05, 4.69) is 22.8 Å². The zero-order valence-corrected chi connectivity index (χ0v) is 21.7. The average Bonchev–Trinajstić information content (AvgIpc) is 2.94. The molecule has 0 fully saturated rings. The lowest BCUT2D eigenvalue weighted by Crippen LogP contribution is -2.20. The van der Waals surface area contributed by atoms with Crippen molar-refractivity contribution in [3.63, 3.8) is 0 Å². The van der Waals surface area contributed by atoms with Crippen LogP contribution in [0.1, 0.15) is 11.1 Å². The summed E-state index contributed by atoms with van der Waals surface area (Å²) in [6, 6.07) is 29.4. The summed E-state index contributed by atoms with van der Waals surface area (Å²) >= 11 is 0. The first-order valence-corrected chi connectivity index (χ1v) is 12.5. The van der Waals surface area contributed by atoms with E-state index in [0.29, 0.717) is 30.2 Å². The summed E-state index contributed by atoms with van der Waals surface area (Å²) in [6.45, 7) is 2.49. The number of anilines is 2. The summed E-state index contributed by atoms with van der Waals surface area (Å²) < 4.78 is 16.9. The quantitative estimate of drug-likeness (QED) is 0.228. The van der Waals surface area contributed by atoms with Crippen LogP contribution in [0.3, 0.4) is 0 Å². The van der Waals surface area contributed by atoms with E-state index in [-0.39, 0.29) is 6.03 Å². The van der Waals surface area contributed by atoms with Crippen LogP contribution in [0.2, 0.25) is 0 Å². The maximum Gasteiger partial charge on any atom is 0.323 e. The number of carbonyl (C=O) groups excluding carboxylic acids is 1. The fourth-order valence-electron chi connectivity index (χ4n) is 4.59. The van der Waals surface area contributed by atoms with Crippen molar-refractivity contribution in [3.8, 4) is 17.2 Å². The lowest BCUT2D eigenvalue weighted by Gasteiger charge is -2.15. The van der Waals surface area contributed by atoms with Crippen LogP contribution < -0.4 is 24.8 Å². The van der Waals surface area contributed by atoms with E-state index in [1.807, 2.05) is 85.8 Å². The van der Waals surface area contributed by atoms with E-state index in [9.17, 15) is 4.79 Å². The Labute approximate surface area is 222 Å². The van der Waals surface area contributed by atoms with Gasteiger partial charge in [0.1, 0.15) is 5.75 Å². The van der Waals surface area contributed by atoms with Crippen molar-refractivity contribution in [1.82, 2.24) is 0 Å². The van der Waals surface area contributed by atoms with Crippen molar-refractivity contribution in [3.05, 3.63) is 102 Å². The molecule has 0 bridgehead atoms. The van der Waals surface area contributed by atoms with E-state index < -0.39 is 0 Å². The largest absolute Gasteiger partial charge is 0.493 e. The number of amides is 2. The highest BCUT2D eigenvalue weighted by Crippen LogP contribution is 2.33. The third kappa shape index (κ3) is 5.34. The lowest BCUT2D eigenvalue weighted by atomic mass is 10.1. The second kappa shape index (κ2) is 11.1. The standard InChI is InChI=1S/C32H30N2O4/c1-21-18-23-8-4-5-9-24(23)20-28(21)34-32(35)33-27-13-15-29(26-11-7-6-10-25(26)27)38-17-16-22-12-14-30(36-2)31(19-22)37-3/h4-15,18-20H,16-17H2,1-3H3,(H2,33,34,35). The highest BCUT2D eigenvalue weighted by Gasteiger charge is 2.12. The molecule has 5 aromatic rings. The number of ether oxygens (including phenoxy) is 3. The minimum absolute atomic E-state index is 0.296. The molecule has 6 heteroatoms. The van der Waals surface area contributed by atoms with Crippen LogP contribution in [0.25, 0.3) is 21.5 Å². The van der Waals surface area contributed by atoms with Crippen molar-refractivity contribution in [1.29, 1.82) is 0 Å². The summed E-state index contributed by atoms with van der Waals surface area (Å²) in [5.41, 5.74) is 3.58. The number of benzene rings is 5. The number of carbonyl (C=O) groups is 1. The van der Waals surface area contributed by atoms with E-state index in [0.717, 1.165) is 44.1 Å². The first-order valence-electron chi connectivity index (χ1n) is 12.5. The number of hydrogen-bond acceptors (Lipinski definition) is 4. The Morgan fingerprint density at radius 1 is 0.684 bits per heavy atom. The topological polar surface area (TPSA) is 68.8 Å². The highest BCUT2D eigenvalue weighted by molar-refractivity contribution is 6.08.